The number of likely N-dealkylation sites (tertiary alicyclic amines) is 1. The van der Waals surface area contributed by atoms with Gasteiger partial charge in [-0.15, -0.1) is 0 Å². The van der Waals surface area contributed by atoms with Crippen molar-refractivity contribution in [2.24, 2.45) is 5.92 Å². The molecule has 3 rings (SSSR count). The molecule has 3 aliphatic rings. The monoisotopic (exact) mass is 386 g/mol. The molecule has 0 N–H and O–H groups in total. The zero-order valence-corrected chi connectivity index (χ0v) is 17.0. The lowest BCUT2D eigenvalue weighted by Gasteiger charge is -2.39. The van der Waals surface area contributed by atoms with Crippen molar-refractivity contribution in [1.82, 2.24) is 9.21 Å². The summed E-state index contributed by atoms with van der Waals surface area (Å²) in [5, 5.41) is -0.452. The van der Waals surface area contributed by atoms with Gasteiger partial charge in [0.2, 0.25) is 15.9 Å². The standard InChI is InChI=1S/C19H34N2O4S/c1-20(16-9-11-17(25-2)12-10-16)26(23,24)18-8-5-13-21(14-18)19(22)15-6-3-4-7-15/h15-18H,3-14H2,1-2H3/t16?,17?,18-/m1/s1. The lowest BCUT2D eigenvalue weighted by atomic mass is 9.93. The highest BCUT2D eigenvalue weighted by molar-refractivity contribution is 7.89. The number of hydrogen-bond acceptors (Lipinski definition) is 4. The van der Waals surface area contributed by atoms with Gasteiger partial charge in [0.05, 0.1) is 11.4 Å². The van der Waals surface area contributed by atoms with Gasteiger partial charge in [-0.2, -0.15) is 0 Å². The Bertz CT molecular complexity index is 580. The van der Waals surface area contributed by atoms with Crippen LogP contribution in [-0.4, -0.2) is 68.2 Å². The van der Waals surface area contributed by atoms with Crippen molar-refractivity contribution in [2.75, 3.05) is 27.2 Å². The summed E-state index contributed by atoms with van der Waals surface area (Å²) in [6, 6.07) is 0.0623. The Morgan fingerprint density at radius 2 is 1.65 bits per heavy atom. The van der Waals surface area contributed by atoms with Gasteiger partial charge in [-0.1, -0.05) is 12.8 Å². The van der Waals surface area contributed by atoms with E-state index in [2.05, 4.69) is 0 Å². The predicted octanol–water partition coefficient (Wildman–Crippen LogP) is 2.39. The lowest BCUT2D eigenvalue weighted by molar-refractivity contribution is -0.136. The number of carbonyl (C=O) groups excluding carboxylic acids is 1. The van der Waals surface area contributed by atoms with E-state index in [9.17, 15) is 13.2 Å². The van der Waals surface area contributed by atoms with Crippen molar-refractivity contribution in [1.29, 1.82) is 0 Å². The molecule has 0 aromatic rings. The van der Waals surface area contributed by atoms with Crippen LogP contribution >= 0.6 is 0 Å². The van der Waals surface area contributed by atoms with Gasteiger partial charge < -0.3 is 9.64 Å². The number of carbonyl (C=O) groups is 1. The Morgan fingerprint density at radius 3 is 2.27 bits per heavy atom. The molecule has 2 aliphatic carbocycles. The maximum atomic E-state index is 13.2. The average Bonchev–Trinajstić information content (AvgIpc) is 3.21. The number of piperidine rings is 1. The number of methoxy groups -OCH3 is 1. The molecule has 6 nitrogen and oxygen atoms in total. The quantitative estimate of drug-likeness (QED) is 0.728. The third-order valence-electron chi connectivity index (χ3n) is 6.71. The van der Waals surface area contributed by atoms with Gasteiger partial charge in [0.1, 0.15) is 0 Å². The molecule has 1 aliphatic heterocycles. The summed E-state index contributed by atoms with van der Waals surface area (Å²) in [4.78, 5) is 14.5. The van der Waals surface area contributed by atoms with Gasteiger partial charge in [0.15, 0.2) is 0 Å². The summed E-state index contributed by atoms with van der Waals surface area (Å²) in [6.45, 7) is 1.08. The average molecular weight is 387 g/mol. The molecule has 1 atom stereocenters. The highest BCUT2D eigenvalue weighted by atomic mass is 32.2. The summed E-state index contributed by atoms with van der Waals surface area (Å²) in [5.74, 6) is 0.309. The fraction of sp³-hybridized carbons (Fsp3) is 0.947. The molecule has 3 fully saturated rings. The van der Waals surface area contributed by atoms with Gasteiger partial charge in [-0.3, -0.25) is 4.79 Å². The molecule has 0 radical (unpaired) electrons. The predicted molar refractivity (Wildman–Crippen MR) is 101 cm³/mol. The van der Waals surface area contributed by atoms with Gasteiger partial charge >= 0.3 is 0 Å². The third-order valence-corrected chi connectivity index (χ3v) is 9.04. The minimum Gasteiger partial charge on any atom is -0.381 e. The molecule has 0 aromatic carbocycles. The second-order valence-corrected chi connectivity index (χ2v) is 10.5. The van der Waals surface area contributed by atoms with E-state index in [1.807, 2.05) is 4.90 Å². The highest BCUT2D eigenvalue weighted by Crippen LogP contribution is 2.31. The van der Waals surface area contributed by atoms with Crippen molar-refractivity contribution < 1.29 is 17.9 Å². The zero-order chi connectivity index (χ0) is 18.7. The molecule has 0 unspecified atom stereocenters. The molecule has 1 heterocycles. The third kappa shape index (κ3) is 4.25. The minimum absolute atomic E-state index is 0.0623. The van der Waals surface area contributed by atoms with Crippen LogP contribution in [0.1, 0.15) is 64.2 Å². The molecular formula is C19H34N2O4S. The van der Waals surface area contributed by atoms with Gasteiger partial charge in [0, 0.05) is 39.2 Å². The van der Waals surface area contributed by atoms with E-state index in [1.54, 1.807) is 18.5 Å². The second-order valence-electron chi connectivity index (χ2n) is 8.26. The van der Waals surface area contributed by atoms with Crippen molar-refractivity contribution in [3.05, 3.63) is 0 Å². The molecule has 1 amide bonds. The zero-order valence-electron chi connectivity index (χ0n) is 16.2. The normalized spacial score (nSPS) is 31.5. The molecule has 0 spiro atoms. The van der Waals surface area contributed by atoms with Crippen LogP contribution in [0.4, 0.5) is 0 Å². The Kier molecular flexibility index (Phi) is 6.62. The summed E-state index contributed by atoms with van der Waals surface area (Å²) in [7, 11) is 0.0755. The second kappa shape index (κ2) is 8.57. The molecule has 150 valence electrons. The van der Waals surface area contributed by atoms with Crippen molar-refractivity contribution in [3.8, 4) is 0 Å². The van der Waals surface area contributed by atoms with Gasteiger partial charge in [0.25, 0.3) is 0 Å². The number of sulfonamides is 1. The van der Waals surface area contributed by atoms with Crippen LogP contribution in [0.15, 0.2) is 0 Å². The molecule has 7 heteroatoms. The molecule has 0 bridgehead atoms. The fourth-order valence-corrected chi connectivity index (χ4v) is 6.83. The van der Waals surface area contributed by atoms with Crippen molar-refractivity contribution >= 4 is 15.9 Å². The molecule has 0 aromatic heterocycles. The highest BCUT2D eigenvalue weighted by Gasteiger charge is 2.40. The molecule has 2 saturated carbocycles. The lowest BCUT2D eigenvalue weighted by Crippen LogP contribution is -2.52. The van der Waals surface area contributed by atoms with Crippen LogP contribution < -0.4 is 0 Å². The SMILES string of the molecule is COC1CCC(N(C)S(=O)(=O)[C@@H]2CCCN(C(=O)C3CCCC3)C2)CC1. The first kappa shape index (κ1) is 20.1. The Balaban J connectivity index is 1.61. The van der Waals surface area contributed by atoms with E-state index >= 15 is 0 Å². The summed E-state index contributed by atoms with van der Waals surface area (Å²) in [5.41, 5.74) is 0. The van der Waals surface area contributed by atoms with Crippen LogP contribution in [0.3, 0.4) is 0 Å². The van der Waals surface area contributed by atoms with E-state index < -0.39 is 15.3 Å². The minimum atomic E-state index is -3.38. The Labute approximate surface area is 158 Å². The van der Waals surface area contributed by atoms with Crippen LogP contribution in [0.25, 0.3) is 0 Å². The fourth-order valence-electron chi connectivity index (χ4n) is 4.90. The molecule has 26 heavy (non-hydrogen) atoms. The van der Waals surface area contributed by atoms with E-state index in [4.69, 9.17) is 4.74 Å². The van der Waals surface area contributed by atoms with E-state index in [1.165, 1.54) is 0 Å². The molecule has 1 saturated heterocycles. The number of amides is 1. The Hall–Kier alpha value is -0.660. The first-order chi connectivity index (χ1) is 12.4. The van der Waals surface area contributed by atoms with Gasteiger partial charge in [-0.05, 0) is 51.4 Å². The number of nitrogens with zero attached hydrogens (tertiary/aromatic N) is 2. The maximum Gasteiger partial charge on any atom is 0.225 e. The Morgan fingerprint density at radius 1 is 1.00 bits per heavy atom. The number of hydrogen-bond donors (Lipinski definition) is 0. The summed E-state index contributed by atoms with van der Waals surface area (Å²) >= 11 is 0. The number of rotatable bonds is 5. The van der Waals surface area contributed by atoms with Crippen molar-refractivity contribution in [2.45, 2.75) is 81.6 Å². The first-order valence-corrected chi connectivity index (χ1v) is 11.7. The van der Waals surface area contributed by atoms with E-state index in [-0.39, 0.29) is 24.0 Å². The first-order valence-electron chi connectivity index (χ1n) is 10.2. The van der Waals surface area contributed by atoms with Crippen LogP contribution in [-0.2, 0) is 19.6 Å². The van der Waals surface area contributed by atoms with E-state index in [0.717, 1.165) is 57.8 Å². The number of ether oxygens (including phenoxy) is 1. The maximum absolute atomic E-state index is 13.2. The summed E-state index contributed by atoms with van der Waals surface area (Å²) < 4.78 is 33.4. The summed E-state index contributed by atoms with van der Waals surface area (Å²) in [6.07, 6.45) is 9.42. The van der Waals surface area contributed by atoms with Crippen molar-refractivity contribution in [3.63, 3.8) is 0 Å². The topological polar surface area (TPSA) is 66.9 Å². The van der Waals surface area contributed by atoms with Gasteiger partial charge in [-0.25, -0.2) is 12.7 Å². The van der Waals surface area contributed by atoms with Crippen LogP contribution in [0.5, 0.6) is 0 Å². The largest absolute Gasteiger partial charge is 0.381 e. The van der Waals surface area contributed by atoms with E-state index in [0.29, 0.717) is 19.5 Å². The smallest absolute Gasteiger partial charge is 0.225 e. The van der Waals surface area contributed by atoms with Crippen LogP contribution in [0, 0.1) is 5.92 Å². The van der Waals surface area contributed by atoms with Crippen LogP contribution in [0.2, 0.25) is 0 Å². The molecular weight excluding hydrogens is 352 g/mol.